The summed E-state index contributed by atoms with van der Waals surface area (Å²) in [5.41, 5.74) is -0.182. The first-order valence-electron chi connectivity index (χ1n) is 6.08. The molecule has 6 nitrogen and oxygen atoms in total. The van der Waals surface area contributed by atoms with Gasteiger partial charge in [0, 0.05) is 11.1 Å². The summed E-state index contributed by atoms with van der Waals surface area (Å²) in [4.78, 5) is 21.7. The first-order chi connectivity index (χ1) is 10.5. The van der Waals surface area contributed by atoms with Gasteiger partial charge < -0.3 is 10.1 Å². The molecule has 0 heterocycles. The lowest BCUT2D eigenvalue weighted by atomic mass is 10.3. The standard InChI is InChI=1S/C14H10ClFN2O4/c15-9-4-5-13(12(16)6-9)17-14(19)8-22-11-3-1-2-10(7-11)18(20)21/h1-7H,8H2,(H,17,19). The highest BCUT2D eigenvalue weighted by atomic mass is 35.5. The van der Waals surface area contributed by atoms with E-state index in [4.69, 9.17) is 16.3 Å². The molecule has 0 saturated heterocycles. The van der Waals surface area contributed by atoms with Crippen LogP contribution in [0.3, 0.4) is 0 Å². The molecule has 8 heteroatoms. The lowest BCUT2D eigenvalue weighted by Crippen LogP contribution is -2.20. The van der Waals surface area contributed by atoms with Crippen molar-refractivity contribution in [2.75, 3.05) is 11.9 Å². The van der Waals surface area contributed by atoms with Crippen LogP contribution < -0.4 is 10.1 Å². The third kappa shape index (κ3) is 4.16. The van der Waals surface area contributed by atoms with Gasteiger partial charge in [0.15, 0.2) is 6.61 Å². The highest BCUT2D eigenvalue weighted by molar-refractivity contribution is 6.30. The quantitative estimate of drug-likeness (QED) is 0.675. The molecule has 0 aliphatic carbocycles. The number of hydrogen-bond acceptors (Lipinski definition) is 4. The van der Waals surface area contributed by atoms with Gasteiger partial charge in [-0.2, -0.15) is 0 Å². The molecule has 22 heavy (non-hydrogen) atoms. The van der Waals surface area contributed by atoms with Gasteiger partial charge in [-0.05, 0) is 24.3 Å². The number of halogens is 2. The summed E-state index contributed by atoms with van der Waals surface area (Å²) in [6.07, 6.45) is 0. The van der Waals surface area contributed by atoms with Crippen molar-refractivity contribution in [3.05, 3.63) is 63.4 Å². The number of nitro groups is 1. The van der Waals surface area contributed by atoms with Gasteiger partial charge in [-0.25, -0.2) is 4.39 Å². The first kappa shape index (κ1) is 15.7. The van der Waals surface area contributed by atoms with E-state index in [0.717, 1.165) is 6.07 Å². The molecule has 2 aromatic carbocycles. The van der Waals surface area contributed by atoms with Crippen molar-refractivity contribution in [1.29, 1.82) is 0 Å². The molecule has 114 valence electrons. The van der Waals surface area contributed by atoms with Crippen molar-refractivity contribution in [1.82, 2.24) is 0 Å². The smallest absolute Gasteiger partial charge is 0.273 e. The fraction of sp³-hybridized carbons (Fsp3) is 0.0714. The Balaban J connectivity index is 1.95. The van der Waals surface area contributed by atoms with Crippen LogP contribution in [-0.4, -0.2) is 17.4 Å². The van der Waals surface area contributed by atoms with E-state index in [9.17, 15) is 19.3 Å². The van der Waals surface area contributed by atoms with E-state index < -0.39 is 23.3 Å². The molecule has 0 aliphatic heterocycles. The number of non-ortho nitro benzene ring substituents is 1. The minimum atomic E-state index is -0.670. The fourth-order valence-corrected chi connectivity index (χ4v) is 1.77. The van der Waals surface area contributed by atoms with Crippen LogP contribution in [0.1, 0.15) is 0 Å². The third-order valence-corrected chi connectivity index (χ3v) is 2.84. The van der Waals surface area contributed by atoms with Crippen molar-refractivity contribution >= 4 is 28.9 Å². The Labute approximate surface area is 129 Å². The molecule has 0 unspecified atom stereocenters. The molecule has 0 radical (unpaired) electrons. The molecule has 0 saturated carbocycles. The van der Waals surface area contributed by atoms with Gasteiger partial charge in [-0.3, -0.25) is 14.9 Å². The van der Waals surface area contributed by atoms with E-state index in [1.807, 2.05) is 0 Å². The molecule has 1 N–H and O–H groups in total. The van der Waals surface area contributed by atoms with E-state index in [-0.39, 0.29) is 22.1 Å². The van der Waals surface area contributed by atoms with Gasteiger partial charge in [0.1, 0.15) is 11.6 Å². The van der Waals surface area contributed by atoms with Crippen LogP contribution in [-0.2, 0) is 4.79 Å². The van der Waals surface area contributed by atoms with E-state index in [2.05, 4.69) is 5.32 Å². The molecule has 0 atom stereocenters. The van der Waals surface area contributed by atoms with E-state index in [1.54, 1.807) is 0 Å². The first-order valence-corrected chi connectivity index (χ1v) is 6.45. The summed E-state index contributed by atoms with van der Waals surface area (Å²) in [6.45, 7) is -0.413. The van der Waals surface area contributed by atoms with Crippen LogP contribution in [0.5, 0.6) is 5.75 Å². The van der Waals surface area contributed by atoms with Gasteiger partial charge in [0.2, 0.25) is 0 Å². The largest absolute Gasteiger partial charge is 0.484 e. The third-order valence-electron chi connectivity index (χ3n) is 2.60. The monoisotopic (exact) mass is 324 g/mol. The van der Waals surface area contributed by atoms with Crippen molar-refractivity contribution in [2.24, 2.45) is 0 Å². The Morgan fingerprint density at radius 3 is 2.77 bits per heavy atom. The van der Waals surface area contributed by atoms with Crippen molar-refractivity contribution in [2.45, 2.75) is 0 Å². The summed E-state index contributed by atoms with van der Waals surface area (Å²) in [6, 6.07) is 9.22. The van der Waals surface area contributed by atoms with Crippen LogP contribution in [0.15, 0.2) is 42.5 Å². The van der Waals surface area contributed by atoms with E-state index >= 15 is 0 Å². The SMILES string of the molecule is O=C(COc1cccc([N+](=O)[O-])c1)Nc1ccc(Cl)cc1F. The number of nitrogens with zero attached hydrogens (tertiary/aromatic N) is 1. The number of carbonyl (C=O) groups is 1. The number of rotatable bonds is 5. The number of hydrogen-bond donors (Lipinski definition) is 1. The van der Waals surface area contributed by atoms with Crippen molar-refractivity contribution < 1.29 is 18.8 Å². The van der Waals surface area contributed by atoms with Gasteiger partial charge >= 0.3 is 0 Å². The zero-order chi connectivity index (χ0) is 16.1. The van der Waals surface area contributed by atoms with Crippen LogP contribution in [0.25, 0.3) is 0 Å². The second-order valence-electron chi connectivity index (χ2n) is 4.22. The Kier molecular flexibility index (Phi) is 4.90. The predicted molar refractivity (Wildman–Crippen MR) is 78.6 cm³/mol. The molecule has 0 bridgehead atoms. The summed E-state index contributed by atoms with van der Waals surface area (Å²) >= 11 is 5.60. The number of carbonyl (C=O) groups excluding carboxylic acids is 1. The summed E-state index contributed by atoms with van der Waals surface area (Å²) in [5, 5.41) is 13.1. The maximum atomic E-state index is 13.5. The minimum absolute atomic E-state index is 0.0305. The Morgan fingerprint density at radius 1 is 1.32 bits per heavy atom. The molecule has 2 aromatic rings. The van der Waals surface area contributed by atoms with E-state index in [1.165, 1.54) is 36.4 Å². The molecule has 0 spiro atoms. The molecular formula is C14H10ClFN2O4. The molecule has 2 rings (SSSR count). The predicted octanol–water partition coefficient (Wildman–Crippen LogP) is 3.40. The van der Waals surface area contributed by atoms with Gasteiger partial charge in [0.25, 0.3) is 11.6 Å². The number of amides is 1. The molecule has 0 aromatic heterocycles. The number of nitrogens with one attached hydrogen (secondary N) is 1. The van der Waals surface area contributed by atoms with Gasteiger partial charge in [-0.1, -0.05) is 17.7 Å². The summed E-state index contributed by atoms with van der Waals surface area (Å²) in [7, 11) is 0. The lowest BCUT2D eigenvalue weighted by molar-refractivity contribution is -0.384. The molecule has 1 amide bonds. The topological polar surface area (TPSA) is 81.5 Å². The minimum Gasteiger partial charge on any atom is -0.484 e. The van der Waals surface area contributed by atoms with Crippen molar-refractivity contribution in [3.8, 4) is 5.75 Å². The summed E-state index contributed by atoms with van der Waals surface area (Å²) < 4.78 is 18.6. The number of ether oxygens (including phenoxy) is 1. The average Bonchev–Trinajstić information content (AvgIpc) is 2.48. The highest BCUT2D eigenvalue weighted by Crippen LogP contribution is 2.20. The molecule has 0 aliphatic rings. The zero-order valence-corrected chi connectivity index (χ0v) is 11.8. The number of benzene rings is 2. The Bertz CT molecular complexity index is 724. The Morgan fingerprint density at radius 2 is 2.09 bits per heavy atom. The molecule has 0 fully saturated rings. The highest BCUT2D eigenvalue weighted by Gasteiger charge is 2.10. The zero-order valence-electron chi connectivity index (χ0n) is 11.1. The van der Waals surface area contributed by atoms with Gasteiger partial charge in [0.05, 0.1) is 16.7 Å². The number of nitro benzene ring substituents is 1. The normalized spacial score (nSPS) is 10.1. The lowest BCUT2D eigenvalue weighted by Gasteiger charge is -2.08. The second-order valence-corrected chi connectivity index (χ2v) is 4.65. The van der Waals surface area contributed by atoms with Crippen LogP contribution in [0.2, 0.25) is 5.02 Å². The summed E-state index contributed by atoms with van der Waals surface area (Å²) in [5.74, 6) is -1.11. The van der Waals surface area contributed by atoms with Crippen LogP contribution >= 0.6 is 11.6 Å². The average molecular weight is 325 g/mol. The van der Waals surface area contributed by atoms with Crippen LogP contribution in [0.4, 0.5) is 15.8 Å². The fourth-order valence-electron chi connectivity index (χ4n) is 1.61. The van der Waals surface area contributed by atoms with Crippen LogP contribution in [0, 0.1) is 15.9 Å². The number of anilines is 1. The van der Waals surface area contributed by atoms with Crippen molar-refractivity contribution in [3.63, 3.8) is 0 Å². The Hall–Kier alpha value is -2.67. The van der Waals surface area contributed by atoms with Gasteiger partial charge in [-0.15, -0.1) is 0 Å². The van der Waals surface area contributed by atoms with E-state index in [0.29, 0.717) is 0 Å². The molecular weight excluding hydrogens is 315 g/mol. The maximum Gasteiger partial charge on any atom is 0.273 e. The second kappa shape index (κ2) is 6.86. The maximum absolute atomic E-state index is 13.5.